The van der Waals surface area contributed by atoms with Crippen molar-refractivity contribution in [1.29, 1.82) is 0 Å². The number of nitrogens with one attached hydrogen (secondary N) is 1. The maximum Gasteiger partial charge on any atom is 0.250 e. The number of aromatic hydroxyl groups is 1. The van der Waals surface area contributed by atoms with Crippen molar-refractivity contribution in [1.82, 2.24) is 20.2 Å². The molecule has 1 aromatic heterocycles. The lowest BCUT2D eigenvalue weighted by atomic mass is 10.1. The van der Waals surface area contributed by atoms with Gasteiger partial charge in [0.05, 0.1) is 11.5 Å². The molecule has 0 aliphatic heterocycles. The van der Waals surface area contributed by atoms with Gasteiger partial charge in [-0.25, -0.2) is 5.43 Å². The van der Waals surface area contributed by atoms with E-state index < -0.39 is 0 Å². The monoisotopic (exact) mass is 409 g/mol. The minimum atomic E-state index is -0.226. The maximum absolute atomic E-state index is 12.2. The highest BCUT2D eigenvalue weighted by atomic mass is 32.2. The molecule has 3 aromatic rings. The van der Waals surface area contributed by atoms with E-state index >= 15 is 0 Å². The first-order chi connectivity index (χ1) is 14.0. The summed E-state index contributed by atoms with van der Waals surface area (Å²) in [5.74, 6) is 0.928. The number of carbonyl (C=O) groups excluding carboxylic acids is 1. The summed E-state index contributed by atoms with van der Waals surface area (Å²) in [4.78, 5) is 12.2. The normalized spacial score (nSPS) is 11.5. The number of carbonyl (C=O) groups is 1. The standard InChI is InChI=1S/C21H23N5O2S/c1-4-26-20(17-7-5-14(2)6-8-17)24-25-21(26)29-13-19(28)23-22-15(3)16-9-11-18(27)12-10-16/h5-12,27H,4,13H2,1-3H3,(H,23,28)/b22-15+. The number of phenolic OH excluding ortho intramolecular Hbond substituents is 1. The summed E-state index contributed by atoms with van der Waals surface area (Å²) in [5, 5.41) is 22.7. The molecule has 0 unspecified atom stereocenters. The lowest BCUT2D eigenvalue weighted by Gasteiger charge is -2.07. The number of aromatic nitrogens is 3. The number of benzene rings is 2. The van der Waals surface area contributed by atoms with E-state index in [1.165, 1.54) is 17.3 Å². The molecule has 150 valence electrons. The number of rotatable bonds is 7. The Morgan fingerprint density at radius 3 is 2.48 bits per heavy atom. The molecule has 29 heavy (non-hydrogen) atoms. The molecule has 3 rings (SSSR count). The minimum absolute atomic E-state index is 0.179. The summed E-state index contributed by atoms with van der Waals surface area (Å²) >= 11 is 1.32. The number of aryl methyl sites for hydroxylation is 1. The highest BCUT2D eigenvalue weighted by Gasteiger charge is 2.14. The molecule has 8 heteroatoms. The van der Waals surface area contributed by atoms with Crippen molar-refractivity contribution in [3.8, 4) is 17.1 Å². The molecule has 0 radical (unpaired) electrons. The number of hydrogen-bond acceptors (Lipinski definition) is 6. The molecule has 0 aliphatic rings. The summed E-state index contributed by atoms with van der Waals surface area (Å²) in [5.41, 5.74) is 6.22. The van der Waals surface area contributed by atoms with Gasteiger partial charge < -0.3 is 9.67 Å². The molecule has 1 amide bonds. The SMILES string of the molecule is CCn1c(SCC(=O)N/N=C(\C)c2ccc(O)cc2)nnc1-c1ccc(C)cc1. The zero-order chi connectivity index (χ0) is 20.8. The van der Waals surface area contributed by atoms with E-state index in [0.29, 0.717) is 17.4 Å². The van der Waals surface area contributed by atoms with Crippen molar-refractivity contribution in [3.63, 3.8) is 0 Å². The summed E-state index contributed by atoms with van der Waals surface area (Å²) in [7, 11) is 0. The predicted molar refractivity (Wildman–Crippen MR) is 115 cm³/mol. The van der Waals surface area contributed by atoms with Crippen LogP contribution in [-0.4, -0.2) is 37.2 Å². The van der Waals surface area contributed by atoms with Crippen molar-refractivity contribution in [2.75, 3.05) is 5.75 Å². The summed E-state index contributed by atoms with van der Waals surface area (Å²) < 4.78 is 1.99. The number of hydrazone groups is 1. The number of nitrogens with zero attached hydrogens (tertiary/aromatic N) is 4. The van der Waals surface area contributed by atoms with Gasteiger partial charge in [-0.2, -0.15) is 5.10 Å². The van der Waals surface area contributed by atoms with Crippen LogP contribution in [0, 0.1) is 6.92 Å². The molecule has 2 aromatic carbocycles. The minimum Gasteiger partial charge on any atom is -0.508 e. The van der Waals surface area contributed by atoms with Crippen molar-refractivity contribution in [2.45, 2.75) is 32.5 Å². The molecule has 0 saturated carbocycles. The van der Waals surface area contributed by atoms with Crippen molar-refractivity contribution < 1.29 is 9.90 Å². The van der Waals surface area contributed by atoms with Gasteiger partial charge in [0, 0.05) is 12.1 Å². The molecule has 0 saturated heterocycles. The van der Waals surface area contributed by atoms with Gasteiger partial charge in [-0.05, 0) is 50.6 Å². The van der Waals surface area contributed by atoms with Crippen LogP contribution in [-0.2, 0) is 11.3 Å². The third kappa shape index (κ3) is 5.23. The number of hydrogen-bond donors (Lipinski definition) is 2. The third-order valence-electron chi connectivity index (χ3n) is 4.31. The van der Waals surface area contributed by atoms with Gasteiger partial charge in [0.25, 0.3) is 5.91 Å². The number of thioether (sulfide) groups is 1. The third-order valence-corrected chi connectivity index (χ3v) is 5.28. The highest BCUT2D eigenvalue weighted by Crippen LogP contribution is 2.24. The van der Waals surface area contributed by atoms with E-state index in [0.717, 1.165) is 17.0 Å². The Labute approximate surface area is 173 Å². The number of amides is 1. The van der Waals surface area contributed by atoms with Gasteiger partial charge >= 0.3 is 0 Å². The van der Waals surface area contributed by atoms with E-state index in [1.54, 1.807) is 31.2 Å². The molecule has 0 atom stereocenters. The Kier molecular flexibility index (Phi) is 6.66. The second-order valence-electron chi connectivity index (χ2n) is 6.48. The Morgan fingerprint density at radius 1 is 1.14 bits per heavy atom. The quantitative estimate of drug-likeness (QED) is 0.353. The summed E-state index contributed by atoms with van der Waals surface area (Å²) in [6, 6.07) is 14.8. The topological polar surface area (TPSA) is 92.4 Å². The van der Waals surface area contributed by atoms with E-state index in [-0.39, 0.29) is 17.4 Å². The van der Waals surface area contributed by atoms with Gasteiger partial charge in [0.2, 0.25) is 0 Å². The molecule has 2 N–H and O–H groups in total. The zero-order valence-electron chi connectivity index (χ0n) is 16.6. The lowest BCUT2D eigenvalue weighted by Crippen LogP contribution is -2.21. The van der Waals surface area contributed by atoms with Crippen LogP contribution in [0.2, 0.25) is 0 Å². The smallest absolute Gasteiger partial charge is 0.250 e. The van der Waals surface area contributed by atoms with Crippen LogP contribution in [0.4, 0.5) is 0 Å². The van der Waals surface area contributed by atoms with E-state index in [9.17, 15) is 9.90 Å². The van der Waals surface area contributed by atoms with Gasteiger partial charge in [-0.3, -0.25) is 4.79 Å². The van der Waals surface area contributed by atoms with Gasteiger partial charge in [0.15, 0.2) is 11.0 Å². The Morgan fingerprint density at radius 2 is 1.83 bits per heavy atom. The average Bonchev–Trinajstić information content (AvgIpc) is 3.14. The van der Waals surface area contributed by atoms with Crippen LogP contribution in [0.15, 0.2) is 58.8 Å². The van der Waals surface area contributed by atoms with E-state index in [4.69, 9.17) is 0 Å². The molecule has 7 nitrogen and oxygen atoms in total. The van der Waals surface area contributed by atoms with Gasteiger partial charge in [0.1, 0.15) is 5.75 Å². The average molecular weight is 410 g/mol. The Bertz CT molecular complexity index is 1010. The summed E-state index contributed by atoms with van der Waals surface area (Å²) in [6.07, 6.45) is 0. The van der Waals surface area contributed by atoms with Crippen LogP contribution < -0.4 is 5.43 Å². The molecule has 1 heterocycles. The molecular weight excluding hydrogens is 386 g/mol. The van der Waals surface area contributed by atoms with Crippen molar-refractivity contribution in [3.05, 3.63) is 59.7 Å². The second-order valence-corrected chi connectivity index (χ2v) is 7.43. The fraction of sp³-hybridized carbons (Fsp3) is 0.238. The molecule has 0 bridgehead atoms. The zero-order valence-corrected chi connectivity index (χ0v) is 17.4. The Balaban J connectivity index is 1.62. The van der Waals surface area contributed by atoms with E-state index in [1.807, 2.05) is 42.7 Å². The largest absolute Gasteiger partial charge is 0.508 e. The van der Waals surface area contributed by atoms with Crippen molar-refractivity contribution in [2.24, 2.45) is 5.10 Å². The summed E-state index contributed by atoms with van der Waals surface area (Å²) in [6.45, 7) is 6.57. The van der Waals surface area contributed by atoms with Crippen LogP contribution >= 0.6 is 11.8 Å². The molecule has 0 spiro atoms. The maximum atomic E-state index is 12.2. The fourth-order valence-electron chi connectivity index (χ4n) is 2.67. The molecule has 0 fully saturated rings. The van der Waals surface area contributed by atoms with Crippen LogP contribution in [0.1, 0.15) is 25.0 Å². The fourth-order valence-corrected chi connectivity index (χ4v) is 3.47. The van der Waals surface area contributed by atoms with Gasteiger partial charge in [-0.1, -0.05) is 41.6 Å². The van der Waals surface area contributed by atoms with Crippen LogP contribution in [0.3, 0.4) is 0 Å². The second kappa shape index (κ2) is 9.38. The molecular formula is C21H23N5O2S. The Hall–Kier alpha value is -3.13. The molecule has 0 aliphatic carbocycles. The first kappa shape index (κ1) is 20.6. The van der Waals surface area contributed by atoms with Crippen molar-refractivity contribution >= 4 is 23.4 Å². The first-order valence-corrected chi connectivity index (χ1v) is 10.2. The van der Waals surface area contributed by atoms with Crippen LogP contribution in [0.5, 0.6) is 5.75 Å². The van der Waals surface area contributed by atoms with E-state index in [2.05, 4.69) is 20.7 Å². The van der Waals surface area contributed by atoms with Crippen LogP contribution in [0.25, 0.3) is 11.4 Å². The predicted octanol–water partition coefficient (Wildman–Crippen LogP) is 3.61. The first-order valence-electron chi connectivity index (χ1n) is 9.23. The lowest BCUT2D eigenvalue weighted by molar-refractivity contribution is -0.118. The highest BCUT2D eigenvalue weighted by molar-refractivity contribution is 7.99. The number of phenols is 1. The van der Waals surface area contributed by atoms with Gasteiger partial charge in [-0.15, -0.1) is 10.2 Å².